The second kappa shape index (κ2) is 6.06. The maximum absolute atomic E-state index is 5.31. The molecule has 2 heterocycles. The third-order valence-electron chi connectivity index (χ3n) is 4.27. The van der Waals surface area contributed by atoms with E-state index in [1.54, 1.807) is 7.11 Å². The van der Waals surface area contributed by atoms with Crippen LogP contribution in [0.15, 0.2) is 18.2 Å². The van der Waals surface area contributed by atoms with Crippen molar-refractivity contribution in [2.24, 2.45) is 0 Å². The summed E-state index contributed by atoms with van der Waals surface area (Å²) in [6.07, 6.45) is 2.36. The van der Waals surface area contributed by atoms with Crippen molar-refractivity contribution < 1.29 is 4.74 Å². The molecule has 0 saturated heterocycles. The van der Waals surface area contributed by atoms with Gasteiger partial charge in [0.2, 0.25) is 0 Å². The van der Waals surface area contributed by atoms with E-state index in [2.05, 4.69) is 41.9 Å². The highest BCUT2D eigenvalue weighted by atomic mass is 35.5. The van der Waals surface area contributed by atoms with Gasteiger partial charge >= 0.3 is 0 Å². The first kappa shape index (κ1) is 15.2. The predicted octanol–water partition coefficient (Wildman–Crippen LogP) is 3.93. The van der Waals surface area contributed by atoms with Gasteiger partial charge in [0.1, 0.15) is 5.75 Å². The first-order valence-electron chi connectivity index (χ1n) is 7.17. The molecule has 1 N–H and O–H groups in total. The number of fused-ring (bicyclic) bond motifs is 3. The Labute approximate surface area is 126 Å². The first-order valence-corrected chi connectivity index (χ1v) is 7.17. The number of benzene rings is 1. The minimum absolute atomic E-state index is 0. The van der Waals surface area contributed by atoms with Gasteiger partial charge in [0, 0.05) is 35.2 Å². The Morgan fingerprint density at radius 1 is 1.40 bits per heavy atom. The van der Waals surface area contributed by atoms with Crippen molar-refractivity contribution in [1.82, 2.24) is 9.88 Å². The Kier molecular flexibility index (Phi) is 4.61. The summed E-state index contributed by atoms with van der Waals surface area (Å²) in [6.45, 7) is 6.90. The Morgan fingerprint density at radius 2 is 2.20 bits per heavy atom. The largest absolute Gasteiger partial charge is 0.497 e. The van der Waals surface area contributed by atoms with Crippen LogP contribution in [-0.4, -0.2) is 30.1 Å². The Bertz CT molecular complexity index is 593. The van der Waals surface area contributed by atoms with E-state index >= 15 is 0 Å². The molecular formula is C16H23ClN2O. The fourth-order valence-corrected chi connectivity index (χ4v) is 3.23. The van der Waals surface area contributed by atoms with E-state index in [9.17, 15) is 0 Å². The summed E-state index contributed by atoms with van der Waals surface area (Å²) < 4.78 is 5.31. The molecule has 0 radical (unpaired) electrons. The van der Waals surface area contributed by atoms with E-state index in [-0.39, 0.29) is 12.4 Å². The molecule has 0 bridgehead atoms. The zero-order chi connectivity index (χ0) is 13.4. The fraction of sp³-hybridized carbons (Fsp3) is 0.500. The average Bonchev–Trinajstić information content (AvgIpc) is 2.80. The molecule has 0 fully saturated rings. The molecule has 3 nitrogen and oxygen atoms in total. The van der Waals surface area contributed by atoms with Gasteiger partial charge in [-0.3, -0.25) is 4.90 Å². The number of hydrogen-bond acceptors (Lipinski definition) is 2. The maximum Gasteiger partial charge on any atom is 0.120 e. The lowest BCUT2D eigenvalue weighted by atomic mass is 9.98. The lowest BCUT2D eigenvalue weighted by molar-refractivity contribution is 0.196. The van der Waals surface area contributed by atoms with E-state index in [4.69, 9.17) is 4.74 Å². The number of ether oxygens (including phenoxy) is 1. The molecule has 110 valence electrons. The molecule has 20 heavy (non-hydrogen) atoms. The number of rotatable bonds is 3. The first-order chi connectivity index (χ1) is 9.24. The molecule has 0 aliphatic carbocycles. The number of halogens is 1. The zero-order valence-electron chi connectivity index (χ0n) is 12.4. The summed E-state index contributed by atoms with van der Waals surface area (Å²) in [5.41, 5.74) is 4.09. The SMILES string of the molecule is CCCN1CCc2c([nH]c3cc(OC)ccc23)C1C.Cl. The van der Waals surface area contributed by atoms with Crippen LogP contribution in [-0.2, 0) is 6.42 Å². The molecule has 1 aliphatic heterocycles. The van der Waals surface area contributed by atoms with Gasteiger partial charge in [-0.15, -0.1) is 12.4 Å². The molecule has 1 unspecified atom stereocenters. The van der Waals surface area contributed by atoms with Crippen LogP contribution in [0.1, 0.15) is 37.6 Å². The van der Waals surface area contributed by atoms with Crippen LogP contribution in [0.3, 0.4) is 0 Å². The van der Waals surface area contributed by atoms with Gasteiger partial charge in [-0.2, -0.15) is 0 Å². The van der Waals surface area contributed by atoms with Crippen LogP contribution in [0.2, 0.25) is 0 Å². The summed E-state index contributed by atoms with van der Waals surface area (Å²) in [5.74, 6) is 0.921. The van der Waals surface area contributed by atoms with Crippen LogP contribution >= 0.6 is 12.4 Å². The van der Waals surface area contributed by atoms with E-state index < -0.39 is 0 Å². The topological polar surface area (TPSA) is 28.3 Å². The number of aromatic nitrogens is 1. The summed E-state index contributed by atoms with van der Waals surface area (Å²) in [7, 11) is 1.72. The number of H-pyrrole nitrogens is 1. The molecule has 1 aromatic heterocycles. The summed E-state index contributed by atoms with van der Waals surface area (Å²) in [4.78, 5) is 6.17. The molecule has 0 saturated carbocycles. The van der Waals surface area contributed by atoms with Gasteiger partial charge in [-0.25, -0.2) is 0 Å². The van der Waals surface area contributed by atoms with Gasteiger partial charge < -0.3 is 9.72 Å². The maximum atomic E-state index is 5.31. The van der Waals surface area contributed by atoms with E-state index in [1.807, 2.05) is 0 Å². The number of methoxy groups -OCH3 is 1. The highest BCUT2D eigenvalue weighted by molar-refractivity contribution is 5.86. The third kappa shape index (κ3) is 2.40. The van der Waals surface area contributed by atoms with Crippen molar-refractivity contribution in [3.8, 4) is 5.75 Å². The van der Waals surface area contributed by atoms with Gasteiger partial charge in [-0.05, 0) is 44.0 Å². The van der Waals surface area contributed by atoms with Crippen molar-refractivity contribution in [2.75, 3.05) is 20.2 Å². The van der Waals surface area contributed by atoms with E-state index in [0.29, 0.717) is 6.04 Å². The minimum atomic E-state index is 0. The zero-order valence-corrected chi connectivity index (χ0v) is 13.2. The smallest absolute Gasteiger partial charge is 0.120 e. The van der Waals surface area contributed by atoms with Gasteiger partial charge in [0.05, 0.1) is 7.11 Å². The second-order valence-corrected chi connectivity index (χ2v) is 5.39. The average molecular weight is 295 g/mol. The monoisotopic (exact) mass is 294 g/mol. The van der Waals surface area contributed by atoms with Crippen LogP contribution in [0, 0.1) is 0 Å². The summed E-state index contributed by atoms with van der Waals surface area (Å²) in [5, 5.41) is 1.36. The highest BCUT2D eigenvalue weighted by Crippen LogP contribution is 2.35. The van der Waals surface area contributed by atoms with Crippen molar-refractivity contribution in [1.29, 1.82) is 0 Å². The molecule has 1 atom stereocenters. The van der Waals surface area contributed by atoms with Crippen LogP contribution in [0.25, 0.3) is 10.9 Å². The lowest BCUT2D eigenvalue weighted by Crippen LogP contribution is -2.34. The van der Waals surface area contributed by atoms with E-state index in [1.165, 1.54) is 41.7 Å². The Hall–Kier alpha value is -1.19. The Balaban J connectivity index is 0.00000147. The number of hydrogen-bond donors (Lipinski definition) is 1. The molecule has 4 heteroatoms. The highest BCUT2D eigenvalue weighted by Gasteiger charge is 2.26. The number of nitrogens with one attached hydrogen (secondary N) is 1. The van der Waals surface area contributed by atoms with Gasteiger partial charge in [-0.1, -0.05) is 6.92 Å². The molecule has 2 aromatic rings. The van der Waals surface area contributed by atoms with E-state index in [0.717, 1.165) is 12.2 Å². The van der Waals surface area contributed by atoms with Crippen molar-refractivity contribution in [3.63, 3.8) is 0 Å². The molecule has 1 aromatic carbocycles. The minimum Gasteiger partial charge on any atom is -0.497 e. The van der Waals surface area contributed by atoms with Crippen molar-refractivity contribution in [2.45, 2.75) is 32.7 Å². The second-order valence-electron chi connectivity index (χ2n) is 5.39. The van der Waals surface area contributed by atoms with Crippen LogP contribution in [0.5, 0.6) is 5.75 Å². The third-order valence-corrected chi connectivity index (χ3v) is 4.27. The molecule has 3 rings (SSSR count). The van der Waals surface area contributed by atoms with Crippen molar-refractivity contribution >= 4 is 23.3 Å². The fourth-order valence-electron chi connectivity index (χ4n) is 3.23. The number of aromatic amines is 1. The predicted molar refractivity (Wildman–Crippen MR) is 86.1 cm³/mol. The van der Waals surface area contributed by atoms with Crippen LogP contribution < -0.4 is 4.74 Å². The summed E-state index contributed by atoms with van der Waals surface area (Å²) >= 11 is 0. The molecular weight excluding hydrogens is 272 g/mol. The number of nitrogens with zero attached hydrogens (tertiary/aromatic N) is 1. The molecule has 0 amide bonds. The van der Waals surface area contributed by atoms with Gasteiger partial charge in [0.15, 0.2) is 0 Å². The quantitative estimate of drug-likeness (QED) is 0.929. The normalized spacial score (nSPS) is 18.6. The Morgan fingerprint density at radius 3 is 2.90 bits per heavy atom. The molecule has 0 spiro atoms. The standard InChI is InChI=1S/C16H22N2O.ClH/c1-4-8-18-9-7-14-13-6-5-12(19-3)10-15(13)17-16(14)11(18)2;/h5-6,10-11,17H,4,7-9H2,1-3H3;1H. The lowest BCUT2D eigenvalue weighted by Gasteiger charge is -2.33. The van der Waals surface area contributed by atoms with Crippen molar-refractivity contribution in [3.05, 3.63) is 29.5 Å². The molecule has 1 aliphatic rings. The van der Waals surface area contributed by atoms with Crippen LogP contribution in [0.4, 0.5) is 0 Å². The summed E-state index contributed by atoms with van der Waals surface area (Å²) in [6, 6.07) is 6.83. The van der Waals surface area contributed by atoms with Gasteiger partial charge in [0.25, 0.3) is 0 Å².